The Labute approximate surface area is 80.6 Å². The van der Waals surface area contributed by atoms with Gasteiger partial charge in [0.25, 0.3) is 0 Å². The van der Waals surface area contributed by atoms with Gasteiger partial charge in [-0.3, -0.25) is 0 Å². The lowest BCUT2D eigenvalue weighted by Gasteiger charge is -2.10. The van der Waals surface area contributed by atoms with E-state index in [1.807, 2.05) is 6.08 Å². The van der Waals surface area contributed by atoms with E-state index in [2.05, 4.69) is 31.1 Å². The largest absolute Gasteiger partial charge is 0.501 e. The van der Waals surface area contributed by atoms with Gasteiger partial charge in [0, 0.05) is 0 Å². The minimum absolute atomic E-state index is 0.0591. The van der Waals surface area contributed by atoms with Gasteiger partial charge in [0.1, 0.15) is 14.2 Å². The molecule has 0 aromatic rings. The predicted molar refractivity (Wildman–Crippen MR) is 55.7 cm³/mol. The minimum Gasteiger partial charge on any atom is -0.501 e. The molecule has 1 aliphatic heterocycles. The van der Waals surface area contributed by atoms with Gasteiger partial charge in [0.2, 0.25) is 0 Å². The third-order valence-corrected chi connectivity index (χ3v) is 2.61. The van der Waals surface area contributed by atoms with Crippen LogP contribution in [-0.4, -0.2) is 25.9 Å². The average molecular weight is 196 g/mol. The van der Waals surface area contributed by atoms with Gasteiger partial charge in [-0.25, -0.2) is 0 Å². The molecule has 0 aromatic heterocycles. The van der Waals surface area contributed by atoms with Crippen LogP contribution in [0.25, 0.3) is 0 Å². The van der Waals surface area contributed by atoms with E-state index in [1.54, 1.807) is 6.26 Å². The summed E-state index contributed by atoms with van der Waals surface area (Å²) in [5.74, 6) is 2.96. The first-order valence-corrected chi connectivity index (χ1v) is 7.98. The van der Waals surface area contributed by atoms with Gasteiger partial charge in [-0.15, -0.1) is 5.54 Å². The topological polar surface area (TPSA) is 29.5 Å². The van der Waals surface area contributed by atoms with Gasteiger partial charge in [0.15, 0.2) is 0 Å². The molecule has 1 N–H and O–H groups in total. The van der Waals surface area contributed by atoms with Crippen LogP contribution in [0.5, 0.6) is 0 Å². The van der Waals surface area contributed by atoms with Crippen molar-refractivity contribution in [2.75, 3.05) is 6.61 Å². The molecule has 0 unspecified atom stereocenters. The monoisotopic (exact) mass is 196 g/mol. The van der Waals surface area contributed by atoms with Crippen LogP contribution in [0.4, 0.5) is 0 Å². The summed E-state index contributed by atoms with van der Waals surface area (Å²) in [7, 11) is -1.36. The van der Waals surface area contributed by atoms with Gasteiger partial charge in [-0.05, 0) is 6.08 Å². The molecule has 13 heavy (non-hydrogen) atoms. The fourth-order valence-electron chi connectivity index (χ4n) is 0.973. The second kappa shape index (κ2) is 3.99. The molecular formula is C10H16O2Si. The zero-order valence-corrected chi connectivity index (χ0v) is 9.37. The smallest absolute Gasteiger partial charge is 0.129 e. The van der Waals surface area contributed by atoms with E-state index < -0.39 is 14.2 Å². The Morgan fingerprint density at radius 3 is 2.69 bits per heavy atom. The number of ether oxygens (including phenoxy) is 1. The number of rotatable bonds is 1. The van der Waals surface area contributed by atoms with Crippen molar-refractivity contribution in [2.24, 2.45) is 5.92 Å². The Balaban J connectivity index is 2.52. The average Bonchev–Trinajstić information content (AvgIpc) is 2.50. The third kappa shape index (κ3) is 3.66. The van der Waals surface area contributed by atoms with Gasteiger partial charge in [0.05, 0.1) is 18.8 Å². The van der Waals surface area contributed by atoms with Crippen LogP contribution in [0, 0.1) is 17.4 Å². The summed E-state index contributed by atoms with van der Waals surface area (Å²) in [6, 6.07) is 0. The van der Waals surface area contributed by atoms with Crippen molar-refractivity contribution in [3.05, 3.63) is 12.3 Å². The maximum absolute atomic E-state index is 9.63. The molecule has 2 atom stereocenters. The highest BCUT2D eigenvalue weighted by Crippen LogP contribution is 2.12. The first-order valence-electron chi connectivity index (χ1n) is 4.48. The Morgan fingerprint density at radius 2 is 2.23 bits per heavy atom. The molecule has 1 heterocycles. The van der Waals surface area contributed by atoms with E-state index in [0.29, 0.717) is 6.61 Å². The number of hydrogen-bond acceptors (Lipinski definition) is 2. The van der Waals surface area contributed by atoms with Gasteiger partial charge >= 0.3 is 0 Å². The van der Waals surface area contributed by atoms with Crippen molar-refractivity contribution in [2.45, 2.75) is 25.7 Å². The zero-order valence-electron chi connectivity index (χ0n) is 8.37. The van der Waals surface area contributed by atoms with Gasteiger partial charge in [-0.2, -0.15) is 0 Å². The van der Waals surface area contributed by atoms with Crippen molar-refractivity contribution < 1.29 is 9.84 Å². The van der Waals surface area contributed by atoms with E-state index in [-0.39, 0.29) is 5.92 Å². The van der Waals surface area contributed by atoms with Crippen LogP contribution in [0.2, 0.25) is 19.6 Å². The van der Waals surface area contributed by atoms with Crippen molar-refractivity contribution in [1.29, 1.82) is 0 Å². The molecule has 1 rings (SSSR count). The van der Waals surface area contributed by atoms with E-state index in [0.717, 1.165) is 0 Å². The number of hydrogen-bond donors (Lipinski definition) is 1. The van der Waals surface area contributed by atoms with Crippen LogP contribution < -0.4 is 0 Å². The predicted octanol–water partition coefficient (Wildman–Crippen LogP) is 1.39. The molecule has 0 saturated heterocycles. The Bertz CT molecular complexity index is 254. The molecule has 0 fully saturated rings. The maximum atomic E-state index is 9.63. The highest BCUT2D eigenvalue weighted by molar-refractivity contribution is 6.83. The van der Waals surface area contributed by atoms with Crippen LogP contribution in [0.3, 0.4) is 0 Å². The summed E-state index contributed by atoms with van der Waals surface area (Å²) < 4.78 is 5.01. The molecule has 0 spiro atoms. The normalized spacial score (nSPS) is 23.2. The maximum Gasteiger partial charge on any atom is 0.129 e. The number of aliphatic hydroxyl groups excluding tert-OH is 1. The fraction of sp³-hybridized carbons (Fsp3) is 0.600. The van der Waals surface area contributed by atoms with E-state index >= 15 is 0 Å². The minimum atomic E-state index is -1.36. The summed E-state index contributed by atoms with van der Waals surface area (Å²) in [4.78, 5) is 0. The van der Waals surface area contributed by atoms with E-state index in [4.69, 9.17) is 4.74 Å². The molecule has 0 aliphatic carbocycles. The molecule has 0 radical (unpaired) electrons. The molecule has 0 aromatic carbocycles. The summed E-state index contributed by atoms with van der Waals surface area (Å²) >= 11 is 0. The van der Waals surface area contributed by atoms with Crippen LogP contribution in [0.1, 0.15) is 0 Å². The Morgan fingerprint density at radius 1 is 1.54 bits per heavy atom. The van der Waals surface area contributed by atoms with Gasteiger partial charge < -0.3 is 9.84 Å². The van der Waals surface area contributed by atoms with Crippen molar-refractivity contribution >= 4 is 8.07 Å². The standard InChI is InChI=1S/C10H16O2Si/c1-13(2,3)7-5-10(11)9-4-6-12-8-9/h4,6,9-11H,8H2,1-3H3/t9-,10+/m0/s1. The van der Waals surface area contributed by atoms with Crippen LogP contribution in [0.15, 0.2) is 12.3 Å². The quantitative estimate of drug-likeness (QED) is 0.507. The van der Waals surface area contributed by atoms with Crippen molar-refractivity contribution in [3.8, 4) is 11.5 Å². The summed E-state index contributed by atoms with van der Waals surface area (Å²) in [6.07, 6.45) is 2.93. The first kappa shape index (κ1) is 10.4. The highest BCUT2D eigenvalue weighted by atomic mass is 28.3. The molecule has 0 amide bonds. The lowest BCUT2D eigenvalue weighted by molar-refractivity contribution is 0.145. The lowest BCUT2D eigenvalue weighted by Crippen LogP contribution is -2.21. The summed E-state index contributed by atoms with van der Waals surface area (Å²) in [5.41, 5.74) is 3.15. The van der Waals surface area contributed by atoms with Crippen LogP contribution >= 0.6 is 0 Å². The lowest BCUT2D eigenvalue weighted by atomic mass is 10.1. The Kier molecular flexibility index (Phi) is 3.18. The zero-order chi connectivity index (χ0) is 9.90. The van der Waals surface area contributed by atoms with Crippen molar-refractivity contribution in [3.63, 3.8) is 0 Å². The first-order chi connectivity index (χ1) is 5.99. The molecule has 72 valence electrons. The third-order valence-electron chi connectivity index (χ3n) is 1.71. The number of aliphatic hydroxyl groups is 1. The fourth-order valence-corrected chi connectivity index (χ4v) is 1.55. The molecule has 3 heteroatoms. The summed E-state index contributed by atoms with van der Waals surface area (Å²) in [5, 5.41) is 9.63. The Hall–Kier alpha value is -0.723. The van der Waals surface area contributed by atoms with E-state index in [1.165, 1.54) is 0 Å². The molecule has 2 nitrogen and oxygen atoms in total. The van der Waals surface area contributed by atoms with E-state index in [9.17, 15) is 5.11 Å². The molecule has 0 bridgehead atoms. The van der Waals surface area contributed by atoms with Crippen LogP contribution in [-0.2, 0) is 4.74 Å². The SMILES string of the molecule is C[Si](C)(C)C#C[C@@H](O)[C@H]1C=COC1. The molecular weight excluding hydrogens is 180 g/mol. The highest BCUT2D eigenvalue weighted by Gasteiger charge is 2.18. The molecule has 0 saturated carbocycles. The second-order valence-corrected chi connectivity index (χ2v) is 9.04. The molecule has 1 aliphatic rings. The second-order valence-electron chi connectivity index (χ2n) is 4.29. The van der Waals surface area contributed by atoms with Crippen molar-refractivity contribution in [1.82, 2.24) is 0 Å². The summed E-state index contributed by atoms with van der Waals surface area (Å²) in [6.45, 7) is 7.04. The van der Waals surface area contributed by atoms with Gasteiger partial charge in [-0.1, -0.05) is 25.6 Å².